The first-order chi connectivity index (χ1) is 16.8. The molecule has 4 rings (SSSR count). The van der Waals surface area contributed by atoms with Gasteiger partial charge >= 0.3 is 0 Å². The van der Waals surface area contributed by atoms with Gasteiger partial charge in [0.1, 0.15) is 12.0 Å². The number of piperidine rings is 1. The monoisotopic (exact) mass is 477 g/mol. The maximum absolute atomic E-state index is 13.2. The van der Waals surface area contributed by atoms with Gasteiger partial charge in [-0.15, -0.1) is 0 Å². The number of nitrogens with zero attached hydrogens (tertiary/aromatic N) is 3. The molecule has 1 fully saturated rings. The first-order valence-corrected chi connectivity index (χ1v) is 12.8. The Morgan fingerprint density at radius 3 is 2.40 bits per heavy atom. The average Bonchev–Trinajstić information content (AvgIpc) is 2.84. The Morgan fingerprint density at radius 1 is 1.11 bits per heavy atom. The zero-order valence-corrected chi connectivity index (χ0v) is 22.1. The number of methoxy groups -OCH3 is 1. The molecule has 0 aromatic heterocycles. The number of ether oxygens (including phenoxy) is 2. The van der Waals surface area contributed by atoms with Crippen LogP contribution in [-0.4, -0.2) is 73.1 Å². The highest BCUT2D eigenvalue weighted by Crippen LogP contribution is 2.42. The van der Waals surface area contributed by atoms with E-state index in [1.165, 1.54) is 5.56 Å². The van der Waals surface area contributed by atoms with Crippen LogP contribution in [0.4, 0.5) is 0 Å². The smallest absolute Gasteiger partial charge is 0.254 e. The van der Waals surface area contributed by atoms with Crippen LogP contribution in [0.1, 0.15) is 74.0 Å². The third kappa shape index (κ3) is 4.87. The Morgan fingerprint density at radius 2 is 1.80 bits per heavy atom. The molecule has 3 atom stereocenters. The predicted molar refractivity (Wildman–Crippen MR) is 141 cm³/mol. The topological polar surface area (TPSA) is 54.4 Å². The van der Waals surface area contributed by atoms with E-state index in [0.29, 0.717) is 12.2 Å². The van der Waals surface area contributed by atoms with E-state index in [9.17, 15) is 4.79 Å². The van der Waals surface area contributed by atoms with Crippen molar-refractivity contribution in [3.05, 3.63) is 64.7 Å². The molecule has 3 unspecified atom stereocenters. The van der Waals surface area contributed by atoms with Gasteiger partial charge < -0.3 is 14.4 Å². The van der Waals surface area contributed by atoms with Gasteiger partial charge in [-0.2, -0.15) is 0 Å². The minimum atomic E-state index is -0.00533. The Labute approximate surface area is 209 Å². The maximum atomic E-state index is 13.2. The Balaban J connectivity index is 1.74. The number of likely N-dealkylation sites (N-methyl/N-ethyl adjacent to an activating group) is 1. The summed E-state index contributed by atoms with van der Waals surface area (Å²) in [4.78, 5) is 22.7. The number of fused-ring (bicyclic) bond motifs is 3. The molecule has 2 aromatic carbocycles. The first-order valence-electron chi connectivity index (χ1n) is 12.8. The highest BCUT2D eigenvalue weighted by Gasteiger charge is 2.42. The lowest BCUT2D eigenvalue weighted by atomic mass is 9.78. The van der Waals surface area contributed by atoms with Crippen LogP contribution >= 0.6 is 0 Å². The Bertz CT molecular complexity index is 1070. The van der Waals surface area contributed by atoms with Crippen molar-refractivity contribution in [2.75, 3.05) is 27.3 Å². The summed E-state index contributed by atoms with van der Waals surface area (Å²) in [5, 5.41) is 0. The van der Waals surface area contributed by atoms with Gasteiger partial charge in [0.15, 0.2) is 0 Å². The minimum Gasteiger partial charge on any atom is -0.497 e. The van der Waals surface area contributed by atoms with Gasteiger partial charge in [-0.25, -0.2) is 0 Å². The van der Waals surface area contributed by atoms with E-state index in [-0.39, 0.29) is 36.2 Å². The summed E-state index contributed by atoms with van der Waals surface area (Å²) in [5.41, 5.74) is 5.00. The van der Waals surface area contributed by atoms with Crippen LogP contribution in [0.15, 0.2) is 47.5 Å². The summed E-state index contributed by atoms with van der Waals surface area (Å²) in [7, 11) is 3.82. The van der Waals surface area contributed by atoms with Gasteiger partial charge in [0.2, 0.25) is 0 Å². The quantitative estimate of drug-likeness (QED) is 0.566. The van der Waals surface area contributed by atoms with Gasteiger partial charge in [-0.1, -0.05) is 18.2 Å². The van der Waals surface area contributed by atoms with Crippen LogP contribution in [0.2, 0.25) is 0 Å². The van der Waals surface area contributed by atoms with Crippen molar-refractivity contribution in [1.82, 2.24) is 9.80 Å². The standard InChI is InChI=1S/C29H39N3O3/c1-8-35-29-26-23-14-13-22(34-7)17-24(23)27(30-25(26)15-16-31(29)6)20-9-11-21(12-10-20)28(33)32(18(2)3)19(4)5/h9-14,17-19,25-26,29H,8,15-16H2,1-7H3. The normalized spacial score (nSPS) is 22.0. The SMILES string of the molecule is CCOC1C2c3ccc(OC)cc3C(c3ccc(C(=O)N(C(C)C)C(C)C)cc3)=NC2CCN1C. The molecule has 0 bridgehead atoms. The van der Waals surface area contributed by atoms with Crippen molar-refractivity contribution < 1.29 is 14.3 Å². The third-order valence-electron chi connectivity index (χ3n) is 7.19. The number of likely N-dealkylation sites (tertiary alicyclic amines) is 1. The summed E-state index contributed by atoms with van der Waals surface area (Å²) < 4.78 is 11.8. The molecule has 0 spiro atoms. The van der Waals surface area contributed by atoms with Crippen molar-refractivity contribution in [3.63, 3.8) is 0 Å². The Hall–Kier alpha value is -2.70. The molecule has 2 aliphatic rings. The lowest BCUT2D eigenvalue weighted by Crippen LogP contribution is -2.50. The number of carbonyl (C=O) groups excluding carboxylic acids is 1. The highest BCUT2D eigenvalue weighted by atomic mass is 16.5. The molecule has 188 valence electrons. The summed E-state index contributed by atoms with van der Waals surface area (Å²) >= 11 is 0. The average molecular weight is 478 g/mol. The summed E-state index contributed by atoms with van der Waals surface area (Å²) in [6.07, 6.45) is 0.975. The number of rotatable bonds is 7. The number of carbonyl (C=O) groups is 1. The van der Waals surface area contributed by atoms with Crippen LogP contribution < -0.4 is 4.74 Å². The molecule has 0 saturated carbocycles. The minimum absolute atomic E-state index is 0.00533. The van der Waals surface area contributed by atoms with Gasteiger partial charge in [0.05, 0.1) is 18.9 Å². The zero-order chi connectivity index (χ0) is 25.3. The van der Waals surface area contributed by atoms with Crippen molar-refractivity contribution in [1.29, 1.82) is 0 Å². The van der Waals surface area contributed by atoms with Crippen LogP contribution in [0.3, 0.4) is 0 Å². The predicted octanol–water partition coefficient (Wildman–Crippen LogP) is 4.96. The number of benzene rings is 2. The van der Waals surface area contributed by atoms with E-state index in [2.05, 4.69) is 51.8 Å². The Kier molecular flexibility index (Phi) is 7.62. The second-order valence-electron chi connectivity index (χ2n) is 10.1. The van der Waals surface area contributed by atoms with Gasteiger partial charge in [-0.05, 0) is 77.9 Å². The van der Waals surface area contributed by atoms with E-state index in [1.807, 2.05) is 42.2 Å². The summed E-state index contributed by atoms with van der Waals surface area (Å²) in [5.74, 6) is 1.04. The molecular weight excluding hydrogens is 438 g/mol. The largest absolute Gasteiger partial charge is 0.497 e. The lowest BCUT2D eigenvalue weighted by Gasteiger charge is -2.45. The van der Waals surface area contributed by atoms with Gasteiger partial charge in [0, 0.05) is 47.8 Å². The molecule has 1 amide bonds. The van der Waals surface area contributed by atoms with E-state index >= 15 is 0 Å². The van der Waals surface area contributed by atoms with Crippen molar-refractivity contribution in [3.8, 4) is 5.75 Å². The van der Waals surface area contributed by atoms with E-state index in [0.717, 1.165) is 35.6 Å². The van der Waals surface area contributed by atoms with Crippen molar-refractivity contribution >= 4 is 11.6 Å². The van der Waals surface area contributed by atoms with Gasteiger partial charge in [-0.3, -0.25) is 14.7 Å². The second kappa shape index (κ2) is 10.5. The van der Waals surface area contributed by atoms with Crippen LogP contribution in [-0.2, 0) is 4.74 Å². The molecule has 2 heterocycles. The number of aliphatic imine (C=N–C) groups is 1. The fourth-order valence-corrected chi connectivity index (χ4v) is 5.62. The third-order valence-corrected chi connectivity index (χ3v) is 7.19. The summed E-state index contributed by atoms with van der Waals surface area (Å²) in [6.45, 7) is 11.9. The molecule has 0 radical (unpaired) electrons. The molecule has 6 nitrogen and oxygen atoms in total. The van der Waals surface area contributed by atoms with E-state index < -0.39 is 0 Å². The number of hydrogen-bond donors (Lipinski definition) is 0. The molecule has 0 aliphatic carbocycles. The first kappa shape index (κ1) is 25.4. The summed E-state index contributed by atoms with van der Waals surface area (Å²) in [6, 6.07) is 14.7. The van der Waals surface area contributed by atoms with Crippen molar-refractivity contribution in [2.45, 2.75) is 71.3 Å². The van der Waals surface area contributed by atoms with Crippen LogP contribution in [0.5, 0.6) is 5.75 Å². The van der Waals surface area contributed by atoms with Gasteiger partial charge in [0.25, 0.3) is 5.91 Å². The molecule has 2 aromatic rings. The lowest BCUT2D eigenvalue weighted by molar-refractivity contribution is -0.0821. The van der Waals surface area contributed by atoms with E-state index in [4.69, 9.17) is 14.5 Å². The zero-order valence-electron chi connectivity index (χ0n) is 22.1. The van der Waals surface area contributed by atoms with Crippen molar-refractivity contribution in [2.24, 2.45) is 4.99 Å². The van der Waals surface area contributed by atoms with Crippen LogP contribution in [0.25, 0.3) is 0 Å². The molecular formula is C29H39N3O3. The molecule has 0 N–H and O–H groups in total. The fraction of sp³-hybridized carbons (Fsp3) is 0.517. The fourth-order valence-electron chi connectivity index (χ4n) is 5.62. The second-order valence-corrected chi connectivity index (χ2v) is 10.1. The number of amides is 1. The van der Waals surface area contributed by atoms with Crippen LogP contribution in [0, 0.1) is 0 Å². The molecule has 35 heavy (non-hydrogen) atoms. The molecule has 2 aliphatic heterocycles. The molecule has 6 heteroatoms. The maximum Gasteiger partial charge on any atom is 0.254 e. The molecule has 1 saturated heterocycles. The highest BCUT2D eigenvalue weighted by molar-refractivity contribution is 6.15. The van der Waals surface area contributed by atoms with E-state index in [1.54, 1.807) is 7.11 Å². The number of hydrogen-bond acceptors (Lipinski definition) is 5.